The van der Waals surface area contributed by atoms with Crippen LogP contribution < -0.4 is 9.50 Å². The predicted octanol–water partition coefficient (Wildman–Crippen LogP) is 2.25. The lowest BCUT2D eigenvalue weighted by molar-refractivity contribution is -0.384. The third-order valence-corrected chi connectivity index (χ3v) is 4.76. The summed E-state index contributed by atoms with van der Waals surface area (Å²) in [5.41, 5.74) is 1.13. The molecule has 2 aromatic rings. The summed E-state index contributed by atoms with van der Waals surface area (Å²) >= 11 is 0. The first-order valence-electron chi connectivity index (χ1n) is 6.97. The molecule has 1 amide bonds. The van der Waals surface area contributed by atoms with Crippen molar-refractivity contribution >= 4 is 27.4 Å². The zero-order valence-corrected chi connectivity index (χ0v) is 13.1. The van der Waals surface area contributed by atoms with E-state index in [2.05, 4.69) is 5.32 Å². The standard InChI is InChI=1S/C15H12N2O6S/c18-15-8-1-10-9-13(6-7-14(10)16-15)24(21,22)23-12-4-2-11(3-5-12)17(19)20/h2-7,9H,1,8H2,(H,16,18). The normalized spacial score (nSPS) is 13.8. The number of fused-ring (bicyclic) bond motifs is 1. The lowest BCUT2D eigenvalue weighted by Gasteiger charge is -2.17. The van der Waals surface area contributed by atoms with Crippen LogP contribution in [0.3, 0.4) is 0 Å². The highest BCUT2D eigenvalue weighted by Crippen LogP contribution is 2.27. The Kier molecular flexibility index (Phi) is 3.94. The molecule has 1 aliphatic rings. The SMILES string of the molecule is O=C1CCc2cc(S(=O)(=O)Oc3ccc([N+](=O)[O-])cc3)ccc2N1. The first kappa shape index (κ1) is 15.9. The number of anilines is 1. The zero-order valence-electron chi connectivity index (χ0n) is 12.3. The van der Waals surface area contributed by atoms with Crippen molar-refractivity contribution in [3.05, 3.63) is 58.1 Å². The Morgan fingerprint density at radius 1 is 1.08 bits per heavy atom. The van der Waals surface area contributed by atoms with Gasteiger partial charge in [-0.2, -0.15) is 8.42 Å². The number of carbonyl (C=O) groups is 1. The van der Waals surface area contributed by atoms with Crippen LogP contribution in [0.1, 0.15) is 12.0 Å². The first-order valence-corrected chi connectivity index (χ1v) is 8.38. The Labute approximate surface area is 137 Å². The highest BCUT2D eigenvalue weighted by molar-refractivity contribution is 7.87. The monoisotopic (exact) mass is 348 g/mol. The second-order valence-electron chi connectivity index (χ2n) is 5.16. The average molecular weight is 348 g/mol. The van der Waals surface area contributed by atoms with Gasteiger partial charge < -0.3 is 9.50 Å². The van der Waals surface area contributed by atoms with Crippen LogP contribution in [-0.4, -0.2) is 19.2 Å². The van der Waals surface area contributed by atoms with Crippen molar-refractivity contribution in [1.82, 2.24) is 0 Å². The second kappa shape index (κ2) is 5.93. The van der Waals surface area contributed by atoms with Crippen LogP contribution >= 0.6 is 0 Å². The molecule has 9 heteroatoms. The summed E-state index contributed by atoms with van der Waals surface area (Å²) in [4.78, 5) is 21.3. The zero-order chi connectivity index (χ0) is 17.3. The van der Waals surface area contributed by atoms with Crippen LogP contribution in [0, 0.1) is 10.1 Å². The van der Waals surface area contributed by atoms with Gasteiger partial charge in [-0.1, -0.05) is 0 Å². The van der Waals surface area contributed by atoms with E-state index in [1.165, 1.54) is 30.3 Å². The summed E-state index contributed by atoms with van der Waals surface area (Å²) in [6.45, 7) is 0. The van der Waals surface area contributed by atoms with E-state index in [0.29, 0.717) is 24.1 Å². The molecule has 124 valence electrons. The van der Waals surface area contributed by atoms with E-state index in [1.54, 1.807) is 0 Å². The first-order chi connectivity index (χ1) is 11.3. The van der Waals surface area contributed by atoms with Crippen molar-refractivity contribution in [3.63, 3.8) is 0 Å². The van der Waals surface area contributed by atoms with E-state index >= 15 is 0 Å². The fourth-order valence-corrected chi connectivity index (χ4v) is 3.30. The molecule has 24 heavy (non-hydrogen) atoms. The number of hydrogen-bond acceptors (Lipinski definition) is 6. The molecule has 8 nitrogen and oxygen atoms in total. The molecular formula is C15H12N2O6S. The minimum absolute atomic E-state index is 0.0216. The molecule has 0 aliphatic carbocycles. The van der Waals surface area contributed by atoms with Crippen molar-refractivity contribution in [2.75, 3.05) is 5.32 Å². The summed E-state index contributed by atoms with van der Waals surface area (Å²) in [6, 6.07) is 9.06. The van der Waals surface area contributed by atoms with Gasteiger partial charge in [-0.05, 0) is 42.3 Å². The van der Waals surface area contributed by atoms with E-state index in [0.717, 1.165) is 12.1 Å². The number of non-ortho nitro benzene ring substituents is 1. The molecule has 2 aromatic carbocycles. The van der Waals surface area contributed by atoms with Gasteiger partial charge in [0.1, 0.15) is 10.6 Å². The molecule has 1 aliphatic heterocycles. The van der Waals surface area contributed by atoms with Gasteiger partial charge >= 0.3 is 10.1 Å². The number of nitro groups is 1. The molecule has 0 bridgehead atoms. The third-order valence-electron chi connectivity index (χ3n) is 3.51. The number of benzene rings is 2. The summed E-state index contributed by atoms with van der Waals surface area (Å²) < 4.78 is 29.7. The van der Waals surface area contributed by atoms with Crippen molar-refractivity contribution in [1.29, 1.82) is 0 Å². The molecule has 0 radical (unpaired) electrons. The fourth-order valence-electron chi connectivity index (χ4n) is 2.31. The number of carbonyl (C=O) groups excluding carboxylic acids is 1. The van der Waals surface area contributed by atoms with E-state index in [9.17, 15) is 23.3 Å². The minimum atomic E-state index is -4.08. The number of nitrogens with one attached hydrogen (secondary N) is 1. The van der Waals surface area contributed by atoms with Crippen LogP contribution in [0.25, 0.3) is 0 Å². The summed E-state index contributed by atoms with van der Waals surface area (Å²) in [5, 5.41) is 13.3. The number of nitro benzene ring substituents is 1. The van der Waals surface area contributed by atoms with Gasteiger partial charge in [-0.3, -0.25) is 14.9 Å². The molecule has 0 atom stereocenters. The van der Waals surface area contributed by atoms with E-state index < -0.39 is 15.0 Å². The maximum absolute atomic E-state index is 12.3. The van der Waals surface area contributed by atoms with Gasteiger partial charge in [0.05, 0.1) is 4.92 Å². The Morgan fingerprint density at radius 3 is 2.46 bits per heavy atom. The molecule has 0 aromatic heterocycles. The van der Waals surface area contributed by atoms with Crippen LogP contribution in [-0.2, 0) is 21.3 Å². The predicted molar refractivity (Wildman–Crippen MR) is 84.3 cm³/mol. The number of aryl methyl sites for hydroxylation is 1. The minimum Gasteiger partial charge on any atom is -0.379 e. The molecule has 0 unspecified atom stereocenters. The summed E-state index contributed by atoms with van der Waals surface area (Å²) in [7, 11) is -4.08. The molecule has 1 heterocycles. The molecule has 0 saturated carbocycles. The molecular weight excluding hydrogens is 336 g/mol. The fraction of sp³-hybridized carbons (Fsp3) is 0.133. The second-order valence-corrected chi connectivity index (χ2v) is 6.70. The molecule has 0 saturated heterocycles. The number of nitrogens with zero attached hydrogens (tertiary/aromatic N) is 1. The summed E-state index contributed by atoms with van der Waals surface area (Å²) in [6.07, 6.45) is 0.738. The smallest absolute Gasteiger partial charge is 0.339 e. The van der Waals surface area contributed by atoms with Gasteiger partial charge in [-0.15, -0.1) is 0 Å². The Bertz CT molecular complexity index is 921. The average Bonchev–Trinajstić information content (AvgIpc) is 2.54. The third kappa shape index (κ3) is 3.20. The van der Waals surface area contributed by atoms with Gasteiger partial charge in [0.2, 0.25) is 5.91 Å². The highest BCUT2D eigenvalue weighted by atomic mass is 32.2. The van der Waals surface area contributed by atoms with Gasteiger partial charge in [-0.25, -0.2) is 0 Å². The van der Waals surface area contributed by atoms with Crippen molar-refractivity contribution in [3.8, 4) is 5.75 Å². The maximum atomic E-state index is 12.3. The van der Waals surface area contributed by atoms with Crippen LogP contribution in [0.2, 0.25) is 0 Å². The lowest BCUT2D eigenvalue weighted by Crippen LogP contribution is -2.19. The van der Waals surface area contributed by atoms with Crippen molar-refractivity contribution < 1.29 is 22.3 Å². The Morgan fingerprint density at radius 2 is 1.79 bits per heavy atom. The highest BCUT2D eigenvalue weighted by Gasteiger charge is 2.21. The van der Waals surface area contributed by atoms with Crippen LogP contribution in [0.15, 0.2) is 47.4 Å². The van der Waals surface area contributed by atoms with Gasteiger partial charge in [0.15, 0.2) is 0 Å². The Balaban J connectivity index is 1.85. The van der Waals surface area contributed by atoms with Crippen molar-refractivity contribution in [2.24, 2.45) is 0 Å². The Hall–Kier alpha value is -2.94. The number of rotatable bonds is 4. The topological polar surface area (TPSA) is 116 Å². The molecule has 0 fully saturated rings. The van der Waals surface area contributed by atoms with Crippen molar-refractivity contribution in [2.45, 2.75) is 17.7 Å². The van der Waals surface area contributed by atoms with E-state index in [4.69, 9.17) is 4.18 Å². The lowest BCUT2D eigenvalue weighted by atomic mass is 10.0. The van der Waals surface area contributed by atoms with E-state index in [-0.39, 0.29) is 22.2 Å². The quantitative estimate of drug-likeness (QED) is 0.515. The molecule has 0 spiro atoms. The molecule has 1 N–H and O–H groups in total. The molecule has 3 rings (SSSR count). The largest absolute Gasteiger partial charge is 0.379 e. The van der Waals surface area contributed by atoms with E-state index in [1.807, 2.05) is 0 Å². The van der Waals surface area contributed by atoms with Crippen LogP contribution in [0.4, 0.5) is 11.4 Å². The number of hydrogen-bond donors (Lipinski definition) is 1. The van der Waals surface area contributed by atoms with Gasteiger partial charge in [0.25, 0.3) is 5.69 Å². The summed E-state index contributed by atoms with van der Waals surface area (Å²) in [5.74, 6) is -0.133. The maximum Gasteiger partial charge on any atom is 0.339 e. The number of amides is 1. The van der Waals surface area contributed by atoms with Crippen LogP contribution in [0.5, 0.6) is 5.75 Å². The van der Waals surface area contributed by atoms with Gasteiger partial charge in [0, 0.05) is 24.2 Å².